The molecule has 4 nitrogen and oxygen atoms in total. The molecule has 13 heavy (non-hydrogen) atoms. The highest BCUT2D eigenvalue weighted by Gasteiger charge is 2.21. The van der Waals surface area contributed by atoms with E-state index in [1.807, 2.05) is 0 Å². The van der Waals surface area contributed by atoms with Crippen LogP contribution in [0.4, 0.5) is 0 Å². The highest BCUT2D eigenvalue weighted by molar-refractivity contribution is 6.30. The van der Waals surface area contributed by atoms with Gasteiger partial charge >= 0.3 is 0 Å². The summed E-state index contributed by atoms with van der Waals surface area (Å²) in [5.74, 6) is -0.0829. The molecule has 0 radical (unpaired) electrons. The van der Waals surface area contributed by atoms with Crippen molar-refractivity contribution in [2.45, 2.75) is 6.04 Å². The molecule has 0 atom stereocenters. The molecular weight excluding hydrogens is 192 g/mol. The van der Waals surface area contributed by atoms with E-state index < -0.39 is 0 Å². The lowest BCUT2D eigenvalue weighted by Crippen LogP contribution is -2.30. The molecule has 1 fully saturated rings. The third kappa shape index (κ3) is 1.59. The Bertz CT molecular complexity index is 320. The van der Waals surface area contributed by atoms with Gasteiger partial charge in [0.05, 0.1) is 36.9 Å². The van der Waals surface area contributed by atoms with Gasteiger partial charge in [0.1, 0.15) is 0 Å². The molecule has 0 unspecified atom stereocenters. The first kappa shape index (κ1) is 8.72. The number of ketones is 1. The fourth-order valence-corrected chi connectivity index (χ4v) is 1.29. The van der Waals surface area contributed by atoms with E-state index in [0.29, 0.717) is 18.8 Å². The molecule has 0 saturated carbocycles. The van der Waals surface area contributed by atoms with Crippen molar-refractivity contribution in [1.82, 2.24) is 9.78 Å². The number of rotatable bonds is 3. The van der Waals surface area contributed by atoms with Crippen molar-refractivity contribution in [2.24, 2.45) is 0 Å². The number of hydrogen-bond donors (Lipinski definition) is 0. The molecule has 0 spiro atoms. The molecule has 70 valence electrons. The maximum atomic E-state index is 11.1. The minimum Gasteiger partial charge on any atom is -0.377 e. The van der Waals surface area contributed by atoms with Gasteiger partial charge in [0.25, 0.3) is 0 Å². The Labute approximate surface area is 80.4 Å². The molecule has 2 rings (SSSR count). The van der Waals surface area contributed by atoms with E-state index in [4.69, 9.17) is 16.3 Å². The zero-order chi connectivity index (χ0) is 9.26. The standard InChI is InChI=1S/C8H9ClN2O2/c9-1-8(12)6-2-10-11(3-6)7-4-13-5-7/h2-3,7H,1,4-5H2. The van der Waals surface area contributed by atoms with Crippen LogP contribution in [-0.4, -0.2) is 34.7 Å². The number of nitrogens with zero attached hydrogens (tertiary/aromatic N) is 2. The van der Waals surface area contributed by atoms with Gasteiger partial charge in [-0.15, -0.1) is 11.6 Å². The van der Waals surface area contributed by atoms with Crippen LogP contribution in [0.2, 0.25) is 0 Å². The highest BCUT2D eigenvalue weighted by Crippen LogP contribution is 2.16. The van der Waals surface area contributed by atoms with Crippen molar-refractivity contribution in [3.63, 3.8) is 0 Å². The normalized spacial score (nSPS) is 17.0. The second-order valence-corrected chi connectivity index (χ2v) is 3.22. The Balaban J connectivity index is 2.12. The fraction of sp³-hybridized carbons (Fsp3) is 0.500. The Kier molecular flexibility index (Phi) is 2.33. The van der Waals surface area contributed by atoms with Crippen LogP contribution in [0.15, 0.2) is 12.4 Å². The van der Waals surface area contributed by atoms with Gasteiger partial charge in [-0.3, -0.25) is 9.48 Å². The van der Waals surface area contributed by atoms with Crippen molar-refractivity contribution in [3.8, 4) is 0 Å². The summed E-state index contributed by atoms with van der Waals surface area (Å²) in [7, 11) is 0. The van der Waals surface area contributed by atoms with Crippen molar-refractivity contribution in [1.29, 1.82) is 0 Å². The molecule has 0 bridgehead atoms. The zero-order valence-electron chi connectivity index (χ0n) is 6.94. The summed E-state index contributed by atoms with van der Waals surface area (Å²) in [4.78, 5) is 11.1. The van der Waals surface area contributed by atoms with Crippen LogP contribution in [0.5, 0.6) is 0 Å². The number of alkyl halides is 1. The van der Waals surface area contributed by atoms with Gasteiger partial charge in [-0.1, -0.05) is 0 Å². The number of aromatic nitrogens is 2. The molecule has 1 aliphatic rings. The third-order valence-corrected chi connectivity index (χ3v) is 2.28. The summed E-state index contributed by atoms with van der Waals surface area (Å²) in [5, 5.41) is 4.06. The average Bonchev–Trinajstić information content (AvgIpc) is 2.49. The monoisotopic (exact) mass is 200 g/mol. The summed E-state index contributed by atoms with van der Waals surface area (Å²) in [6.45, 7) is 1.35. The van der Waals surface area contributed by atoms with Crippen LogP contribution in [0.3, 0.4) is 0 Å². The molecule has 0 N–H and O–H groups in total. The third-order valence-electron chi connectivity index (χ3n) is 2.04. The molecule has 0 amide bonds. The summed E-state index contributed by atoms with van der Waals surface area (Å²) in [6, 6.07) is 0.289. The first-order valence-corrected chi connectivity index (χ1v) is 4.56. The van der Waals surface area contributed by atoms with Crippen LogP contribution in [-0.2, 0) is 4.74 Å². The molecule has 1 aromatic heterocycles. The summed E-state index contributed by atoms with van der Waals surface area (Å²) in [6.07, 6.45) is 3.26. The van der Waals surface area contributed by atoms with Crippen molar-refractivity contribution in [3.05, 3.63) is 18.0 Å². The smallest absolute Gasteiger partial charge is 0.180 e. The van der Waals surface area contributed by atoms with Gasteiger partial charge in [0.15, 0.2) is 5.78 Å². The van der Waals surface area contributed by atoms with Gasteiger partial charge in [-0.25, -0.2) is 0 Å². The number of Topliss-reactive ketones (excluding diaryl/α,β-unsaturated/α-hetero) is 1. The average molecular weight is 201 g/mol. The minimum absolute atomic E-state index is 0.00681. The van der Waals surface area contributed by atoms with Crippen LogP contribution in [0, 0.1) is 0 Å². The number of hydrogen-bond acceptors (Lipinski definition) is 3. The van der Waals surface area contributed by atoms with Gasteiger partial charge in [0, 0.05) is 6.20 Å². The van der Waals surface area contributed by atoms with Gasteiger partial charge < -0.3 is 4.74 Å². The maximum Gasteiger partial charge on any atom is 0.180 e. The van der Waals surface area contributed by atoms with E-state index in [9.17, 15) is 4.79 Å². The summed E-state index contributed by atoms with van der Waals surface area (Å²) < 4.78 is 6.77. The second kappa shape index (κ2) is 3.47. The number of carbonyl (C=O) groups is 1. The lowest BCUT2D eigenvalue weighted by Gasteiger charge is -2.25. The summed E-state index contributed by atoms with van der Waals surface area (Å²) in [5.41, 5.74) is 0.571. The molecule has 1 saturated heterocycles. The maximum absolute atomic E-state index is 11.1. The van der Waals surface area contributed by atoms with Crippen LogP contribution < -0.4 is 0 Å². The van der Waals surface area contributed by atoms with Crippen molar-refractivity contribution in [2.75, 3.05) is 19.1 Å². The lowest BCUT2D eigenvalue weighted by atomic mass is 10.2. The number of ether oxygens (including phenoxy) is 1. The van der Waals surface area contributed by atoms with Gasteiger partial charge in [-0.05, 0) is 0 Å². The van der Waals surface area contributed by atoms with Crippen molar-refractivity contribution < 1.29 is 9.53 Å². The van der Waals surface area contributed by atoms with Gasteiger partial charge in [0.2, 0.25) is 0 Å². The molecule has 0 aliphatic carbocycles. The Morgan fingerprint density at radius 1 is 1.77 bits per heavy atom. The first-order chi connectivity index (χ1) is 6.31. The van der Waals surface area contributed by atoms with Crippen LogP contribution in [0.1, 0.15) is 16.4 Å². The minimum atomic E-state index is -0.0897. The molecule has 2 heterocycles. The van der Waals surface area contributed by atoms with E-state index in [2.05, 4.69) is 5.10 Å². The quantitative estimate of drug-likeness (QED) is 0.537. The Morgan fingerprint density at radius 2 is 2.54 bits per heavy atom. The van der Waals surface area contributed by atoms with Crippen LogP contribution in [0.25, 0.3) is 0 Å². The van der Waals surface area contributed by atoms with Gasteiger partial charge in [-0.2, -0.15) is 5.10 Å². The predicted molar refractivity (Wildman–Crippen MR) is 47.1 cm³/mol. The Morgan fingerprint density at radius 3 is 3.08 bits per heavy atom. The van der Waals surface area contributed by atoms with Crippen molar-refractivity contribution >= 4 is 17.4 Å². The van der Waals surface area contributed by atoms with E-state index >= 15 is 0 Å². The summed E-state index contributed by atoms with van der Waals surface area (Å²) >= 11 is 5.41. The lowest BCUT2D eigenvalue weighted by molar-refractivity contribution is -0.0286. The first-order valence-electron chi connectivity index (χ1n) is 4.02. The van der Waals surface area contributed by atoms with Crippen LogP contribution >= 0.6 is 11.6 Å². The van der Waals surface area contributed by atoms with E-state index in [0.717, 1.165) is 0 Å². The molecule has 1 aliphatic heterocycles. The van der Waals surface area contributed by atoms with E-state index in [1.54, 1.807) is 17.1 Å². The zero-order valence-corrected chi connectivity index (χ0v) is 7.70. The van der Waals surface area contributed by atoms with E-state index in [1.165, 1.54) is 0 Å². The molecule has 1 aromatic rings. The SMILES string of the molecule is O=C(CCl)c1cnn(C2COC2)c1. The molecule has 0 aromatic carbocycles. The topological polar surface area (TPSA) is 44.1 Å². The second-order valence-electron chi connectivity index (χ2n) is 2.96. The Hall–Kier alpha value is -0.870. The number of carbonyl (C=O) groups excluding carboxylic acids is 1. The highest BCUT2D eigenvalue weighted by atomic mass is 35.5. The largest absolute Gasteiger partial charge is 0.377 e. The predicted octanol–water partition coefficient (Wildman–Crippen LogP) is 0.876. The van der Waals surface area contributed by atoms with E-state index in [-0.39, 0.29) is 17.7 Å². The molecule has 5 heteroatoms. The fourth-order valence-electron chi connectivity index (χ4n) is 1.13. The molecular formula is C8H9ClN2O2. The number of halogens is 1.